The van der Waals surface area contributed by atoms with Crippen LogP contribution in [0.2, 0.25) is 0 Å². The Morgan fingerprint density at radius 3 is 2.50 bits per heavy atom. The van der Waals surface area contributed by atoms with Crippen LogP contribution in [0.5, 0.6) is 5.75 Å². The van der Waals surface area contributed by atoms with Crippen molar-refractivity contribution in [1.29, 1.82) is 0 Å². The summed E-state index contributed by atoms with van der Waals surface area (Å²) in [6.45, 7) is 4.00. The smallest absolute Gasteiger partial charge is 0.238 e. The third-order valence-electron chi connectivity index (χ3n) is 3.94. The summed E-state index contributed by atoms with van der Waals surface area (Å²) in [6, 6.07) is 16.8. The van der Waals surface area contributed by atoms with Gasteiger partial charge in [0.25, 0.3) is 0 Å². The zero-order valence-electron chi connectivity index (χ0n) is 13.5. The Balaban J connectivity index is 0.000000693. The molecule has 2 aromatic carbocycles. The number of pyridine rings is 1. The van der Waals surface area contributed by atoms with E-state index in [0.29, 0.717) is 0 Å². The summed E-state index contributed by atoms with van der Waals surface area (Å²) in [4.78, 5) is 3.49. The minimum Gasteiger partial charge on any atom is -0.497 e. The van der Waals surface area contributed by atoms with Gasteiger partial charge in [0.05, 0.1) is 23.4 Å². The van der Waals surface area contributed by atoms with Crippen LogP contribution in [-0.4, -0.2) is 12.1 Å². The second-order valence-corrected chi connectivity index (χ2v) is 5.06. The summed E-state index contributed by atoms with van der Waals surface area (Å²) < 4.78 is 7.55. The van der Waals surface area contributed by atoms with Crippen molar-refractivity contribution in [3.8, 4) is 5.75 Å². The maximum atomic E-state index is 5.31. The van der Waals surface area contributed by atoms with E-state index in [4.69, 9.17) is 4.74 Å². The number of methoxy groups -OCH3 is 1. The van der Waals surface area contributed by atoms with Gasteiger partial charge >= 0.3 is 0 Å². The molecule has 4 rings (SSSR count). The van der Waals surface area contributed by atoms with Gasteiger partial charge in [0, 0.05) is 6.07 Å². The number of aryl methyl sites for hydroxylation is 1. The Kier molecular flexibility index (Phi) is 3.72. The fourth-order valence-electron chi connectivity index (χ4n) is 2.97. The number of aromatic nitrogens is 2. The first-order valence-electron chi connectivity index (χ1n) is 7.65. The highest BCUT2D eigenvalue weighted by atomic mass is 16.5. The highest BCUT2D eigenvalue weighted by Gasteiger charge is 2.17. The molecule has 22 heavy (non-hydrogen) atoms. The maximum Gasteiger partial charge on any atom is 0.238 e. The largest absolute Gasteiger partial charge is 0.497 e. The van der Waals surface area contributed by atoms with Crippen molar-refractivity contribution in [2.24, 2.45) is 7.05 Å². The summed E-state index contributed by atoms with van der Waals surface area (Å²) in [5.74, 6) is 0.882. The van der Waals surface area contributed by atoms with Gasteiger partial charge < -0.3 is 9.72 Å². The second kappa shape index (κ2) is 5.68. The Labute approximate surface area is 130 Å². The van der Waals surface area contributed by atoms with Crippen molar-refractivity contribution < 1.29 is 9.30 Å². The Hall–Kier alpha value is -2.55. The van der Waals surface area contributed by atoms with E-state index < -0.39 is 0 Å². The molecule has 3 nitrogen and oxygen atoms in total. The molecule has 4 aromatic rings. The standard InChI is InChI=1S/C17H14N2O.C2H6/c1-19-16-8-7-12(20-2)9-11(16)10-15-17(19)13-5-3-4-6-14(13)18-15;1-2/h3-10H,1-2H3;1-2H3/p+1. The van der Waals surface area contributed by atoms with Crippen LogP contribution in [-0.2, 0) is 7.05 Å². The van der Waals surface area contributed by atoms with Gasteiger partial charge in [-0.2, -0.15) is 4.57 Å². The fourth-order valence-corrected chi connectivity index (χ4v) is 2.97. The third-order valence-corrected chi connectivity index (χ3v) is 3.94. The molecule has 0 unspecified atom stereocenters. The van der Waals surface area contributed by atoms with Crippen LogP contribution >= 0.6 is 0 Å². The molecule has 0 atom stereocenters. The number of para-hydroxylation sites is 1. The first-order valence-corrected chi connectivity index (χ1v) is 7.65. The number of aromatic amines is 1. The van der Waals surface area contributed by atoms with Crippen LogP contribution in [0, 0.1) is 0 Å². The number of nitrogens with one attached hydrogen (secondary N) is 1. The van der Waals surface area contributed by atoms with Crippen molar-refractivity contribution in [1.82, 2.24) is 4.98 Å². The first kappa shape index (κ1) is 14.4. The molecule has 0 fully saturated rings. The third kappa shape index (κ3) is 2.10. The zero-order valence-corrected chi connectivity index (χ0v) is 13.5. The molecule has 0 saturated heterocycles. The molecule has 1 N–H and O–H groups in total. The van der Waals surface area contributed by atoms with E-state index in [9.17, 15) is 0 Å². The number of rotatable bonds is 1. The number of nitrogens with zero attached hydrogens (tertiary/aromatic N) is 1. The predicted molar refractivity (Wildman–Crippen MR) is 92.4 cm³/mol. The lowest BCUT2D eigenvalue weighted by Gasteiger charge is -2.02. The van der Waals surface area contributed by atoms with E-state index in [1.165, 1.54) is 27.3 Å². The minimum atomic E-state index is 0.882. The van der Waals surface area contributed by atoms with E-state index in [-0.39, 0.29) is 0 Å². The van der Waals surface area contributed by atoms with Crippen LogP contribution in [0.25, 0.3) is 32.8 Å². The lowest BCUT2D eigenvalue weighted by molar-refractivity contribution is -0.616. The Bertz CT molecular complexity index is 954. The fraction of sp³-hybridized carbons (Fsp3) is 0.211. The summed E-state index contributed by atoms with van der Waals surface area (Å²) in [6.07, 6.45) is 0. The zero-order chi connectivity index (χ0) is 15.7. The van der Waals surface area contributed by atoms with Gasteiger partial charge in [0.15, 0.2) is 0 Å². The van der Waals surface area contributed by atoms with Crippen molar-refractivity contribution in [2.45, 2.75) is 13.8 Å². The van der Waals surface area contributed by atoms with E-state index in [0.717, 1.165) is 11.3 Å². The van der Waals surface area contributed by atoms with Crippen LogP contribution in [0.3, 0.4) is 0 Å². The molecule has 112 valence electrons. The molecule has 0 aliphatic heterocycles. The van der Waals surface area contributed by atoms with Gasteiger partial charge in [-0.1, -0.05) is 26.0 Å². The highest BCUT2D eigenvalue weighted by molar-refractivity contribution is 6.05. The Morgan fingerprint density at radius 2 is 1.73 bits per heavy atom. The SMILES string of the molecule is CC.COc1ccc2c(c1)cc1[nH]c3ccccc3c1[n+]2C. The molecule has 0 saturated carbocycles. The lowest BCUT2D eigenvalue weighted by atomic mass is 10.1. The van der Waals surface area contributed by atoms with E-state index in [1.807, 2.05) is 19.9 Å². The van der Waals surface area contributed by atoms with Crippen LogP contribution in [0.1, 0.15) is 13.8 Å². The van der Waals surface area contributed by atoms with Gasteiger partial charge in [-0.3, -0.25) is 0 Å². The number of hydrogen-bond donors (Lipinski definition) is 1. The van der Waals surface area contributed by atoms with Crippen LogP contribution in [0.15, 0.2) is 48.5 Å². The molecule has 0 radical (unpaired) electrons. The molecule has 0 spiro atoms. The summed E-state index contributed by atoms with van der Waals surface area (Å²) in [5, 5.41) is 2.42. The van der Waals surface area contributed by atoms with Gasteiger partial charge in [0.1, 0.15) is 18.3 Å². The molecule has 2 aromatic heterocycles. The molecule has 0 bridgehead atoms. The number of H-pyrrole nitrogens is 1. The van der Waals surface area contributed by atoms with E-state index in [1.54, 1.807) is 7.11 Å². The van der Waals surface area contributed by atoms with Crippen molar-refractivity contribution >= 4 is 32.8 Å². The summed E-state index contributed by atoms with van der Waals surface area (Å²) >= 11 is 0. The second-order valence-electron chi connectivity index (χ2n) is 5.06. The quantitative estimate of drug-likeness (QED) is 0.520. The average molecular weight is 293 g/mol. The van der Waals surface area contributed by atoms with Crippen molar-refractivity contribution in [2.75, 3.05) is 7.11 Å². The molecular weight excluding hydrogens is 272 g/mol. The van der Waals surface area contributed by atoms with E-state index in [2.05, 4.69) is 59.1 Å². The minimum absolute atomic E-state index is 0.882. The van der Waals surface area contributed by atoms with Crippen LogP contribution < -0.4 is 9.30 Å². The predicted octanol–water partition coefficient (Wildman–Crippen LogP) is 4.33. The number of fused-ring (bicyclic) bond motifs is 4. The maximum absolute atomic E-state index is 5.31. The Morgan fingerprint density at radius 1 is 0.955 bits per heavy atom. The molecule has 0 amide bonds. The number of ether oxygens (including phenoxy) is 1. The van der Waals surface area contributed by atoms with Gasteiger partial charge in [-0.25, -0.2) is 0 Å². The lowest BCUT2D eigenvalue weighted by Crippen LogP contribution is -2.29. The number of benzene rings is 2. The highest BCUT2D eigenvalue weighted by Crippen LogP contribution is 2.26. The summed E-state index contributed by atoms with van der Waals surface area (Å²) in [7, 11) is 3.81. The topological polar surface area (TPSA) is 28.9 Å². The number of hydrogen-bond acceptors (Lipinski definition) is 1. The normalized spacial score (nSPS) is 10.7. The van der Waals surface area contributed by atoms with Gasteiger partial charge in [0.2, 0.25) is 11.0 Å². The van der Waals surface area contributed by atoms with Gasteiger partial charge in [-0.05, 0) is 30.3 Å². The van der Waals surface area contributed by atoms with Gasteiger partial charge in [-0.15, -0.1) is 0 Å². The van der Waals surface area contributed by atoms with Crippen LogP contribution in [0.4, 0.5) is 0 Å². The van der Waals surface area contributed by atoms with Crippen molar-refractivity contribution in [3.63, 3.8) is 0 Å². The molecule has 2 heterocycles. The molecule has 0 aliphatic rings. The monoisotopic (exact) mass is 293 g/mol. The molecule has 0 aliphatic carbocycles. The molecular formula is C19H21N2O+. The average Bonchev–Trinajstić information content (AvgIpc) is 2.94. The van der Waals surface area contributed by atoms with E-state index >= 15 is 0 Å². The first-order chi connectivity index (χ1) is 10.8. The van der Waals surface area contributed by atoms with Crippen molar-refractivity contribution in [3.05, 3.63) is 48.5 Å². The summed E-state index contributed by atoms with van der Waals surface area (Å²) in [5.41, 5.74) is 4.75. The molecule has 3 heteroatoms.